The normalized spacial score (nSPS) is 30.8. The molecule has 0 amide bonds. The van der Waals surface area contributed by atoms with Crippen LogP contribution in [0, 0.1) is 22.7 Å². The van der Waals surface area contributed by atoms with Crippen molar-refractivity contribution in [3.05, 3.63) is 47.6 Å². The van der Waals surface area contributed by atoms with Crippen LogP contribution < -0.4 is 4.74 Å². The molecule has 33 heavy (non-hydrogen) atoms. The number of benzene rings is 1. The molecule has 1 aromatic rings. The zero-order chi connectivity index (χ0) is 24.6. The number of carboxylic acid groups (broad SMARTS) is 2. The van der Waals surface area contributed by atoms with Gasteiger partial charge >= 0.3 is 17.9 Å². The quantitative estimate of drug-likeness (QED) is 0.438. The smallest absolute Gasteiger partial charge is 0.332 e. The third kappa shape index (κ3) is 4.53. The van der Waals surface area contributed by atoms with Gasteiger partial charge in [-0.05, 0) is 48.1 Å². The van der Waals surface area contributed by atoms with E-state index in [1.165, 1.54) is 6.08 Å². The maximum absolute atomic E-state index is 12.7. The molecule has 178 valence electrons. The van der Waals surface area contributed by atoms with Gasteiger partial charge in [0.25, 0.3) is 0 Å². The Hall–Kier alpha value is -3.13. The van der Waals surface area contributed by atoms with E-state index in [-0.39, 0.29) is 5.57 Å². The predicted molar refractivity (Wildman–Crippen MR) is 119 cm³/mol. The number of methoxy groups -OCH3 is 1. The number of rotatable bonds is 6. The van der Waals surface area contributed by atoms with Crippen molar-refractivity contribution < 1.29 is 39.2 Å². The van der Waals surface area contributed by atoms with Crippen molar-refractivity contribution in [2.45, 2.75) is 45.8 Å². The van der Waals surface area contributed by atoms with Gasteiger partial charge in [-0.2, -0.15) is 0 Å². The van der Waals surface area contributed by atoms with Crippen LogP contribution in [-0.4, -0.2) is 52.5 Å². The van der Waals surface area contributed by atoms with Gasteiger partial charge in [-0.1, -0.05) is 32.9 Å². The molecule has 0 bridgehead atoms. The Balaban J connectivity index is 1.93. The Morgan fingerprint density at radius 1 is 1.09 bits per heavy atom. The second-order valence-electron chi connectivity index (χ2n) is 9.59. The molecule has 1 fully saturated rings. The van der Waals surface area contributed by atoms with Crippen LogP contribution in [0.15, 0.2) is 42.0 Å². The van der Waals surface area contributed by atoms with Crippen molar-refractivity contribution in [3.8, 4) is 5.75 Å². The van der Waals surface area contributed by atoms with Gasteiger partial charge in [0.05, 0.1) is 24.7 Å². The zero-order valence-corrected chi connectivity index (χ0v) is 19.1. The summed E-state index contributed by atoms with van der Waals surface area (Å²) in [6.45, 7) is 5.44. The van der Waals surface area contributed by atoms with Crippen LogP contribution >= 0.6 is 0 Å². The summed E-state index contributed by atoms with van der Waals surface area (Å²) in [5, 5.41) is 30.5. The Bertz CT molecular complexity index is 990. The lowest BCUT2D eigenvalue weighted by Gasteiger charge is -2.59. The first-order valence-corrected chi connectivity index (χ1v) is 10.8. The number of hydrogen-bond donors (Lipinski definition) is 3. The minimum absolute atomic E-state index is 0.353. The SMILES string of the molecule is COc1ccc(/C=C/C(=O)O[C@@H]2CCC(C)(C)[C@@H]3[C@@H](O)C=C(C(=O)O)[C@H](C(=O)O)[C@@]23C)cc1. The van der Waals surface area contributed by atoms with Gasteiger partial charge in [0.1, 0.15) is 11.9 Å². The molecule has 2 aliphatic rings. The zero-order valence-electron chi connectivity index (χ0n) is 19.1. The first-order valence-electron chi connectivity index (χ1n) is 10.8. The topological polar surface area (TPSA) is 130 Å². The standard InChI is InChI=1S/C25H30O8/c1-24(2)12-11-18(33-19(27)10-7-14-5-8-15(32-4)9-6-14)25(3)20(23(30)31)16(22(28)29)13-17(26)21(24)25/h5-10,13,17-18,20-21,26H,11-12H2,1-4H3,(H,28,29)(H,30,31)/b10-7+/t17-,18+,20+,21-,25+/m0/s1. The third-order valence-electron chi connectivity index (χ3n) is 7.16. The summed E-state index contributed by atoms with van der Waals surface area (Å²) in [4.78, 5) is 36.8. The van der Waals surface area contributed by atoms with Crippen molar-refractivity contribution in [3.63, 3.8) is 0 Å². The van der Waals surface area contributed by atoms with Gasteiger partial charge in [-0.25, -0.2) is 9.59 Å². The largest absolute Gasteiger partial charge is 0.497 e. The predicted octanol–water partition coefficient (Wildman–Crippen LogP) is 3.15. The van der Waals surface area contributed by atoms with Gasteiger partial charge in [0.2, 0.25) is 0 Å². The molecule has 0 spiro atoms. The molecule has 3 N–H and O–H groups in total. The number of hydrogen-bond acceptors (Lipinski definition) is 6. The Kier molecular flexibility index (Phi) is 6.70. The van der Waals surface area contributed by atoms with E-state index in [9.17, 15) is 29.7 Å². The number of aliphatic carboxylic acids is 2. The number of aliphatic hydroxyl groups is 1. The second-order valence-corrected chi connectivity index (χ2v) is 9.59. The molecule has 1 aromatic carbocycles. The molecule has 0 aromatic heterocycles. The van der Waals surface area contributed by atoms with Gasteiger partial charge in [-0.15, -0.1) is 0 Å². The molecule has 5 atom stereocenters. The van der Waals surface area contributed by atoms with E-state index in [0.29, 0.717) is 18.6 Å². The van der Waals surface area contributed by atoms with Crippen LogP contribution in [0.4, 0.5) is 0 Å². The van der Waals surface area contributed by atoms with Crippen LogP contribution in [0.3, 0.4) is 0 Å². The Labute approximate surface area is 192 Å². The van der Waals surface area contributed by atoms with E-state index in [2.05, 4.69) is 0 Å². The molecule has 3 rings (SSSR count). The summed E-state index contributed by atoms with van der Waals surface area (Å²) < 4.78 is 10.8. The number of carbonyl (C=O) groups excluding carboxylic acids is 1. The van der Waals surface area contributed by atoms with Crippen molar-refractivity contribution in [2.24, 2.45) is 22.7 Å². The molecular formula is C25H30O8. The van der Waals surface area contributed by atoms with Crippen LogP contribution in [-0.2, 0) is 19.1 Å². The van der Waals surface area contributed by atoms with Gasteiger partial charge in [-0.3, -0.25) is 4.79 Å². The molecule has 8 heteroatoms. The fraction of sp³-hybridized carbons (Fsp3) is 0.480. The second kappa shape index (κ2) is 9.02. The molecule has 0 heterocycles. The minimum Gasteiger partial charge on any atom is -0.497 e. The lowest BCUT2D eigenvalue weighted by atomic mass is 9.46. The van der Waals surface area contributed by atoms with Gasteiger partial charge in [0, 0.05) is 17.4 Å². The molecule has 1 saturated carbocycles. The summed E-state index contributed by atoms with van der Waals surface area (Å²) in [5.41, 5.74) is -1.46. The van der Waals surface area contributed by atoms with Crippen molar-refractivity contribution in [1.29, 1.82) is 0 Å². The summed E-state index contributed by atoms with van der Waals surface area (Å²) in [6.07, 6.45) is 2.82. The fourth-order valence-electron chi connectivity index (χ4n) is 5.76. The summed E-state index contributed by atoms with van der Waals surface area (Å²) >= 11 is 0. The average molecular weight is 459 g/mol. The highest BCUT2D eigenvalue weighted by Gasteiger charge is 2.64. The monoisotopic (exact) mass is 458 g/mol. The van der Waals surface area contributed by atoms with Crippen LogP contribution in [0.2, 0.25) is 0 Å². The van der Waals surface area contributed by atoms with Crippen LogP contribution in [0.5, 0.6) is 5.75 Å². The maximum atomic E-state index is 12.7. The molecule has 2 aliphatic carbocycles. The van der Waals surface area contributed by atoms with E-state index < -0.39 is 52.8 Å². The minimum atomic E-state index is -1.44. The van der Waals surface area contributed by atoms with Gasteiger partial charge in [0.15, 0.2) is 0 Å². The lowest BCUT2D eigenvalue weighted by Crippen LogP contribution is -2.63. The van der Waals surface area contributed by atoms with Crippen LogP contribution in [0.25, 0.3) is 6.08 Å². The van der Waals surface area contributed by atoms with Crippen molar-refractivity contribution in [2.75, 3.05) is 7.11 Å². The number of esters is 1. The van der Waals surface area contributed by atoms with E-state index in [1.807, 2.05) is 13.8 Å². The Morgan fingerprint density at radius 3 is 2.27 bits per heavy atom. The van der Waals surface area contributed by atoms with E-state index in [0.717, 1.165) is 11.6 Å². The lowest BCUT2D eigenvalue weighted by molar-refractivity contribution is -0.196. The summed E-state index contributed by atoms with van der Waals surface area (Å²) in [6, 6.07) is 7.04. The number of carboxylic acids is 2. The molecular weight excluding hydrogens is 428 g/mol. The molecule has 0 radical (unpaired) electrons. The number of aliphatic hydroxyl groups excluding tert-OH is 1. The Morgan fingerprint density at radius 2 is 1.73 bits per heavy atom. The molecule has 0 saturated heterocycles. The fourth-order valence-corrected chi connectivity index (χ4v) is 5.76. The average Bonchev–Trinajstić information content (AvgIpc) is 2.73. The molecule has 0 unspecified atom stereocenters. The maximum Gasteiger partial charge on any atom is 0.332 e. The first kappa shape index (κ1) is 24.5. The van der Waals surface area contributed by atoms with E-state index in [4.69, 9.17) is 9.47 Å². The third-order valence-corrected chi connectivity index (χ3v) is 7.16. The highest BCUT2D eigenvalue weighted by Crippen LogP contribution is 2.60. The summed E-state index contributed by atoms with van der Waals surface area (Å²) in [5.74, 6) is -4.78. The van der Waals surface area contributed by atoms with Crippen molar-refractivity contribution >= 4 is 24.0 Å². The summed E-state index contributed by atoms with van der Waals surface area (Å²) in [7, 11) is 1.55. The number of fused-ring (bicyclic) bond motifs is 1. The first-order chi connectivity index (χ1) is 15.4. The van der Waals surface area contributed by atoms with Gasteiger partial charge < -0.3 is 24.8 Å². The molecule has 8 nitrogen and oxygen atoms in total. The van der Waals surface area contributed by atoms with Crippen molar-refractivity contribution in [1.82, 2.24) is 0 Å². The highest BCUT2D eigenvalue weighted by atomic mass is 16.5. The van der Waals surface area contributed by atoms with E-state index in [1.54, 1.807) is 44.4 Å². The van der Waals surface area contributed by atoms with E-state index >= 15 is 0 Å². The molecule has 0 aliphatic heterocycles. The number of carbonyl (C=O) groups is 3. The van der Waals surface area contributed by atoms with Crippen LogP contribution in [0.1, 0.15) is 39.2 Å². The number of ether oxygens (including phenoxy) is 2. The highest BCUT2D eigenvalue weighted by molar-refractivity contribution is 5.95.